The van der Waals surface area contributed by atoms with E-state index in [9.17, 15) is 13.6 Å². The Hall–Kier alpha value is -1.57. The molecule has 0 saturated heterocycles. The lowest BCUT2D eigenvalue weighted by atomic mass is 9.73. The minimum atomic E-state index is -2.84. The van der Waals surface area contributed by atoms with Crippen LogP contribution in [0.5, 0.6) is 0 Å². The van der Waals surface area contributed by atoms with Crippen molar-refractivity contribution in [3.8, 4) is 0 Å². The van der Waals surface area contributed by atoms with E-state index in [0.717, 1.165) is 0 Å². The fraction of sp³-hybridized carbons (Fsp3) is 0.571. The summed E-state index contributed by atoms with van der Waals surface area (Å²) in [7, 11) is 0. The quantitative estimate of drug-likeness (QED) is 0.642. The third-order valence-electron chi connectivity index (χ3n) is 2.26. The molecule has 6 nitrogen and oxygen atoms in total. The Labute approximate surface area is 83.2 Å². The van der Waals surface area contributed by atoms with Crippen LogP contribution in [0.3, 0.4) is 0 Å². The number of halogens is 2. The van der Waals surface area contributed by atoms with E-state index in [-0.39, 0.29) is 5.82 Å². The SMILES string of the molecule is NC1(C(=O)Nc2cn[nH]n2)CC(F)(F)C1. The number of amides is 1. The number of carbonyl (C=O) groups is 1. The summed E-state index contributed by atoms with van der Waals surface area (Å²) in [5, 5.41) is 11.6. The first kappa shape index (κ1) is 9.97. The predicted octanol–water partition coefficient (Wildman–Crippen LogP) is -0.130. The van der Waals surface area contributed by atoms with Gasteiger partial charge in [0.05, 0.1) is 6.20 Å². The number of H-pyrrole nitrogens is 1. The molecule has 0 radical (unpaired) electrons. The fourth-order valence-corrected chi connectivity index (χ4v) is 1.53. The van der Waals surface area contributed by atoms with Crippen molar-refractivity contribution >= 4 is 11.7 Å². The van der Waals surface area contributed by atoms with Gasteiger partial charge in [0, 0.05) is 12.8 Å². The van der Waals surface area contributed by atoms with Crippen LogP contribution in [0.2, 0.25) is 0 Å². The van der Waals surface area contributed by atoms with Crippen molar-refractivity contribution in [1.29, 1.82) is 0 Å². The summed E-state index contributed by atoms with van der Waals surface area (Å²) in [5.41, 5.74) is 3.99. The van der Waals surface area contributed by atoms with E-state index in [2.05, 4.69) is 20.7 Å². The molecule has 0 aromatic carbocycles. The van der Waals surface area contributed by atoms with Crippen LogP contribution in [0.1, 0.15) is 12.8 Å². The summed E-state index contributed by atoms with van der Waals surface area (Å²) in [6.45, 7) is 0. The van der Waals surface area contributed by atoms with Gasteiger partial charge < -0.3 is 11.1 Å². The highest BCUT2D eigenvalue weighted by Crippen LogP contribution is 2.44. The first-order chi connectivity index (χ1) is 6.91. The van der Waals surface area contributed by atoms with Crippen molar-refractivity contribution in [2.75, 3.05) is 5.32 Å². The molecule has 15 heavy (non-hydrogen) atoms. The second-order valence-corrected chi connectivity index (χ2v) is 3.68. The fourth-order valence-electron chi connectivity index (χ4n) is 1.53. The molecule has 1 aliphatic rings. The summed E-state index contributed by atoms with van der Waals surface area (Å²) in [6.07, 6.45) is -0.00849. The number of nitrogens with zero attached hydrogens (tertiary/aromatic N) is 2. The van der Waals surface area contributed by atoms with Gasteiger partial charge in [0.25, 0.3) is 5.92 Å². The van der Waals surface area contributed by atoms with Crippen molar-refractivity contribution < 1.29 is 13.6 Å². The monoisotopic (exact) mass is 217 g/mol. The molecule has 4 N–H and O–H groups in total. The largest absolute Gasteiger partial charge is 0.317 e. The Morgan fingerprint density at radius 2 is 2.27 bits per heavy atom. The Morgan fingerprint density at radius 1 is 1.60 bits per heavy atom. The molecule has 1 aromatic rings. The van der Waals surface area contributed by atoms with E-state index in [1.807, 2.05) is 0 Å². The van der Waals surface area contributed by atoms with Crippen LogP contribution in [0, 0.1) is 0 Å². The van der Waals surface area contributed by atoms with Crippen LogP contribution >= 0.6 is 0 Å². The van der Waals surface area contributed by atoms with Gasteiger partial charge in [-0.15, -0.1) is 5.10 Å². The zero-order valence-electron chi connectivity index (χ0n) is 7.63. The minimum Gasteiger partial charge on any atom is -0.317 e. The molecule has 1 aromatic heterocycles. The average Bonchev–Trinajstić information content (AvgIpc) is 2.52. The third kappa shape index (κ3) is 1.80. The standard InChI is InChI=1S/C7H9F2N5O/c8-7(9)2-6(10,3-7)5(15)12-4-1-11-14-13-4/h1H,2-3,10H2,(H2,11,12,13,14,15). The van der Waals surface area contributed by atoms with E-state index in [1.165, 1.54) is 6.20 Å². The first-order valence-electron chi connectivity index (χ1n) is 4.25. The summed E-state index contributed by atoms with van der Waals surface area (Å²) in [4.78, 5) is 11.5. The van der Waals surface area contributed by atoms with Crippen molar-refractivity contribution in [2.24, 2.45) is 5.73 Å². The summed E-state index contributed by atoms with van der Waals surface area (Å²) in [5.74, 6) is -3.34. The van der Waals surface area contributed by atoms with Crippen LogP contribution < -0.4 is 11.1 Å². The molecule has 0 atom stereocenters. The number of carbonyl (C=O) groups excluding carboxylic acids is 1. The summed E-state index contributed by atoms with van der Waals surface area (Å²) in [6, 6.07) is 0. The Kier molecular flexibility index (Phi) is 1.97. The van der Waals surface area contributed by atoms with Crippen molar-refractivity contribution in [1.82, 2.24) is 15.4 Å². The van der Waals surface area contributed by atoms with Gasteiger partial charge in [0.15, 0.2) is 5.82 Å². The molecule has 1 saturated carbocycles. The molecular formula is C7H9F2N5O. The van der Waals surface area contributed by atoms with Crippen molar-refractivity contribution in [2.45, 2.75) is 24.3 Å². The molecule has 1 heterocycles. The van der Waals surface area contributed by atoms with E-state index in [0.29, 0.717) is 0 Å². The number of alkyl halides is 2. The number of aromatic amines is 1. The maximum atomic E-state index is 12.6. The number of rotatable bonds is 2. The van der Waals surface area contributed by atoms with Crippen LogP contribution in [0.15, 0.2) is 6.20 Å². The molecule has 82 valence electrons. The zero-order chi connectivity index (χ0) is 11.1. The highest BCUT2D eigenvalue weighted by molar-refractivity contribution is 5.98. The summed E-state index contributed by atoms with van der Waals surface area (Å²) >= 11 is 0. The lowest BCUT2D eigenvalue weighted by Gasteiger charge is -2.42. The van der Waals surface area contributed by atoms with Gasteiger partial charge in [-0.1, -0.05) is 0 Å². The average molecular weight is 217 g/mol. The van der Waals surface area contributed by atoms with Gasteiger partial charge >= 0.3 is 0 Å². The highest BCUT2D eigenvalue weighted by Gasteiger charge is 2.58. The first-order valence-corrected chi connectivity index (χ1v) is 4.25. The van der Waals surface area contributed by atoms with Crippen LogP contribution in [-0.2, 0) is 4.79 Å². The van der Waals surface area contributed by atoms with Gasteiger partial charge in [-0.3, -0.25) is 4.79 Å². The van der Waals surface area contributed by atoms with Gasteiger partial charge in [-0.05, 0) is 0 Å². The lowest BCUT2D eigenvalue weighted by molar-refractivity contribution is -0.151. The van der Waals surface area contributed by atoms with Crippen LogP contribution in [0.25, 0.3) is 0 Å². The van der Waals surface area contributed by atoms with Gasteiger partial charge in [-0.25, -0.2) is 8.78 Å². The second kappa shape index (κ2) is 2.96. The van der Waals surface area contributed by atoms with Crippen LogP contribution in [-0.4, -0.2) is 32.8 Å². The molecule has 8 heteroatoms. The minimum absolute atomic E-state index is 0.167. The molecule has 0 bridgehead atoms. The predicted molar refractivity (Wildman–Crippen MR) is 46.1 cm³/mol. The maximum absolute atomic E-state index is 12.6. The van der Waals surface area contributed by atoms with Gasteiger partial charge in [-0.2, -0.15) is 10.3 Å². The third-order valence-corrected chi connectivity index (χ3v) is 2.26. The van der Waals surface area contributed by atoms with Crippen LogP contribution in [0.4, 0.5) is 14.6 Å². The molecule has 1 fully saturated rings. The number of nitrogens with two attached hydrogens (primary N) is 1. The van der Waals surface area contributed by atoms with Crippen molar-refractivity contribution in [3.63, 3.8) is 0 Å². The molecule has 0 unspecified atom stereocenters. The molecule has 1 amide bonds. The molecule has 1 aliphatic carbocycles. The number of nitrogens with one attached hydrogen (secondary N) is 2. The number of aromatic nitrogens is 3. The topological polar surface area (TPSA) is 96.7 Å². The molecular weight excluding hydrogens is 208 g/mol. The van der Waals surface area contributed by atoms with Crippen molar-refractivity contribution in [3.05, 3.63) is 6.20 Å². The Balaban J connectivity index is 1.98. The maximum Gasteiger partial charge on any atom is 0.252 e. The van der Waals surface area contributed by atoms with E-state index < -0.39 is 30.2 Å². The second-order valence-electron chi connectivity index (χ2n) is 3.68. The molecule has 2 rings (SSSR count). The number of anilines is 1. The molecule has 0 spiro atoms. The molecule has 0 aliphatic heterocycles. The van der Waals surface area contributed by atoms with Gasteiger partial charge in [0.1, 0.15) is 5.54 Å². The highest BCUT2D eigenvalue weighted by atomic mass is 19.3. The lowest BCUT2D eigenvalue weighted by Crippen LogP contribution is -2.64. The zero-order valence-corrected chi connectivity index (χ0v) is 7.63. The Morgan fingerprint density at radius 3 is 2.73 bits per heavy atom. The normalized spacial score (nSPS) is 21.8. The smallest absolute Gasteiger partial charge is 0.252 e. The summed E-state index contributed by atoms with van der Waals surface area (Å²) < 4.78 is 25.2. The van der Waals surface area contributed by atoms with E-state index >= 15 is 0 Å². The van der Waals surface area contributed by atoms with Gasteiger partial charge in [0.2, 0.25) is 5.91 Å². The number of hydrogen-bond acceptors (Lipinski definition) is 4. The van der Waals surface area contributed by atoms with E-state index in [4.69, 9.17) is 5.73 Å². The Bertz CT molecular complexity index is 369. The number of hydrogen-bond donors (Lipinski definition) is 3. The van der Waals surface area contributed by atoms with E-state index in [1.54, 1.807) is 0 Å².